The van der Waals surface area contributed by atoms with Crippen molar-refractivity contribution in [1.29, 1.82) is 0 Å². The van der Waals surface area contributed by atoms with E-state index >= 15 is 0 Å². The van der Waals surface area contributed by atoms with Crippen molar-refractivity contribution in [3.05, 3.63) is 41.7 Å². The summed E-state index contributed by atoms with van der Waals surface area (Å²) in [5.74, 6) is 0. The zero-order chi connectivity index (χ0) is 12.7. The highest BCUT2D eigenvalue weighted by molar-refractivity contribution is 5.94. The number of nitrogens with zero attached hydrogens (tertiary/aromatic N) is 2. The number of aromatic amines is 1. The van der Waals surface area contributed by atoms with Gasteiger partial charge in [-0.3, -0.25) is 10.1 Å². The Balaban J connectivity index is 2.27. The summed E-state index contributed by atoms with van der Waals surface area (Å²) >= 11 is 0. The lowest BCUT2D eigenvalue weighted by Gasteiger charge is -2.02. The number of hydrogen-bond acceptors (Lipinski definition) is 3. The SMILES string of the molecule is Cc1cc(-c2n[nH]c3ccc(N)cc23)cc(C)n1. The van der Waals surface area contributed by atoms with Gasteiger partial charge in [0.25, 0.3) is 0 Å². The molecule has 0 saturated carbocycles. The Hall–Kier alpha value is -2.36. The van der Waals surface area contributed by atoms with E-state index in [9.17, 15) is 0 Å². The molecule has 2 aromatic heterocycles. The number of aromatic nitrogens is 3. The van der Waals surface area contributed by atoms with Crippen LogP contribution in [0.4, 0.5) is 5.69 Å². The second kappa shape index (κ2) is 3.84. The van der Waals surface area contributed by atoms with Crippen LogP contribution in [0.25, 0.3) is 22.2 Å². The minimum Gasteiger partial charge on any atom is -0.399 e. The predicted octanol–water partition coefficient (Wildman–Crippen LogP) is 2.82. The van der Waals surface area contributed by atoms with Crippen LogP contribution in [0.5, 0.6) is 0 Å². The highest BCUT2D eigenvalue weighted by Gasteiger charge is 2.09. The van der Waals surface area contributed by atoms with Crippen molar-refractivity contribution in [2.75, 3.05) is 5.73 Å². The lowest BCUT2D eigenvalue weighted by molar-refractivity contribution is 1.10. The summed E-state index contributed by atoms with van der Waals surface area (Å²) in [4.78, 5) is 4.38. The number of benzene rings is 1. The lowest BCUT2D eigenvalue weighted by atomic mass is 10.1. The summed E-state index contributed by atoms with van der Waals surface area (Å²) in [5, 5.41) is 8.45. The van der Waals surface area contributed by atoms with Crippen LogP contribution in [0.1, 0.15) is 11.4 Å². The van der Waals surface area contributed by atoms with Crippen LogP contribution >= 0.6 is 0 Å². The standard InChI is InChI=1S/C14H14N4/c1-8-5-10(6-9(2)16-8)14-12-7-11(15)3-4-13(12)17-18-14/h3-7H,15H2,1-2H3,(H,17,18). The van der Waals surface area contributed by atoms with E-state index in [1.165, 1.54) is 0 Å². The first-order chi connectivity index (χ1) is 8.63. The van der Waals surface area contributed by atoms with Crippen molar-refractivity contribution in [2.24, 2.45) is 0 Å². The maximum atomic E-state index is 5.84. The van der Waals surface area contributed by atoms with Gasteiger partial charge in [0.1, 0.15) is 5.69 Å². The molecule has 0 aliphatic heterocycles. The first kappa shape index (κ1) is 10.8. The van der Waals surface area contributed by atoms with Gasteiger partial charge in [-0.2, -0.15) is 5.10 Å². The third-order valence-corrected chi connectivity index (χ3v) is 2.94. The molecule has 1 aromatic carbocycles. The average molecular weight is 238 g/mol. The van der Waals surface area contributed by atoms with E-state index < -0.39 is 0 Å². The van der Waals surface area contributed by atoms with Crippen LogP contribution in [0.2, 0.25) is 0 Å². The Kier molecular flexibility index (Phi) is 2.30. The van der Waals surface area contributed by atoms with Gasteiger partial charge in [0, 0.05) is 28.0 Å². The fourth-order valence-corrected chi connectivity index (χ4v) is 2.22. The molecule has 0 spiro atoms. The molecule has 4 heteroatoms. The molecule has 0 saturated heterocycles. The van der Waals surface area contributed by atoms with Crippen LogP contribution in [0.3, 0.4) is 0 Å². The molecule has 2 heterocycles. The average Bonchev–Trinajstić information content (AvgIpc) is 2.70. The molecule has 3 N–H and O–H groups in total. The maximum Gasteiger partial charge on any atom is 0.100 e. The number of anilines is 1. The molecule has 4 nitrogen and oxygen atoms in total. The van der Waals surface area contributed by atoms with Crippen molar-refractivity contribution in [1.82, 2.24) is 15.2 Å². The molecule has 0 fully saturated rings. The molecule has 0 radical (unpaired) electrons. The van der Waals surface area contributed by atoms with E-state index in [1.807, 2.05) is 44.2 Å². The van der Waals surface area contributed by atoms with Gasteiger partial charge in [-0.1, -0.05) is 0 Å². The normalized spacial score (nSPS) is 11.0. The van der Waals surface area contributed by atoms with Gasteiger partial charge in [0.15, 0.2) is 0 Å². The topological polar surface area (TPSA) is 67.6 Å². The van der Waals surface area contributed by atoms with E-state index in [2.05, 4.69) is 15.2 Å². The first-order valence-corrected chi connectivity index (χ1v) is 5.83. The predicted molar refractivity (Wildman–Crippen MR) is 73.2 cm³/mol. The summed E-state index contributed by atoms with van der Waals surface area (Å²) in [6.07, 6.45) is 0. The van der Waals surface area contributed by atoms with Crippen molar-refractivity contribution < 1.29 is 0 Å². The van der Waals surface area contributed by atoms with E-state index in [0.29, 0.717) is 0 Å². The van der Waals surface area contributed by atoms with Gasteiger partial charge in [-0.05, 0) is 44.2 Å². The molecule has 90 valence electrons. The molecule has 0 amide bonds. The van der Waals surface area contributed by atoms with Gasteiger partial charge >= 0.3 is 0 Å². The summed E-state index contributed by atoms with van der Waals surface area (Å²) in [6.45, 7) is 3.97. The zero-order valence-corrected chi connectivity index (χ0v) is 10.4. The van der Waals surface area contributed by atoms with Gasteiger partial charge in [0.05, 0.1) is 5.52 Å². The zero-order valence-electron chi connectivity index (χ0n) is 10.4. The van der Waals surface area contributed by atoms with Crippen molar-refractivity contribution in [2.45, 2.75) is 13.8 Å². The van der Waals surface area contributed by atoms with E-state index in [1.54, 1.807) is 0 Å². The summed E-state index contributed by atoms with van der Waals surface area (Å²) < 4.78 is 0. The second-order valence-electron chi connectivity index (χ2n) is 4.52. The molecular formula is C14H14N4. The van der Waals surface area contributed by atoms with Gasteiger partial charge in [-0.25, -0.2) is 0 Å². The number of nitrogens with two attached hydrogens (primary N) is 1. The van der Waals surface area contributed by atoms with Gasteiger partial charge < -0.3 is 5.73 Å². The molecule has 3 aromatic rings. The first-order valence-electron chi connectivity index (χ1n) is 5.83. The lowest BCUT2D eigenvalue weighted by Crippen LogP contribution is -1.89. The van der Waals surface area contributed by atoms with E-state index in [-0.39, 0.29) is 0 Å². The van der Waals surface area contributed by atoms with Crippen LogP contribution in [0.15, 0.2) is 30.3 Å². The third-order valence-electron chi connectivity index (χ3n) is 2.94. The molecule has 18 heavy (non-hydrogen) atoms. The van der Waals surface area contributed by atoms with Crippen molar-refractivity contribution in [3.63, 3.8) is 0 Å². The molecule has 0 bridgehead atoms. The van der Waals surface area contributed by atoms with Crippen LogP contribution in [-0.2, 0) is 0 Å². The van der Waals surface area contributed by atoms with E-state index in [0.717, 1.165) is 39.2 Å². The van der Waals surface area contributed by atoms with Crippen LogP contribution < -0.4 is 5.73 Å². The number of aryl methyl sites for hydroxylation is 2. The fourth-order valence-electron chi connectivity index (χ4n) is 2.22. The quantitative estimate of drug-likeness (QED) is 0.640. The smallest absolute Gasteiger partial charge is 0.100 e. The Bertz CT molecular complexity index is 707. The largest absolute Gasteiger partial charge is 0.399 e. The number of nitrogen functional groups attached to an aromatic ring is 1. The van der Waals surface area contributed by atoms with Crippen molar-refractivity contribution in [3.8, 4) is 11.3 Å². The Labute approximate surface area is 105 Å². The number of H-pyrrole nitrogens is 1. The minimum absolute atomic E-state index is 0.743. The minimum atomic E-state index is 0.743. The van der Waals surface area contributed by atoms with Crippen molar-refractivity contribution >= 4 is 16.6 Å². The Morgan fingerprint density at radius 1 is 1.06 bits per heavy atom. The molecule has 3 rings (SSSR count). The monoisotopic (exact) mass is 238 g/mol. The fraction of sp³-hybridized carbons (Fsp3) is 0.143. The molecule has 0 aliphatic rings. The molecule has 0 atom stereocenters. The Morgan fingerprint density at radius 2 is 1.78 bits per heavy atom. The highest BCUT2D eigenvalue weighted by atomic mass is 15.1. The molecule has 0 unspecified atom stereocenters. The number of rotatable bonds is 1. The molecular weight excluding hydrogens is 224 g/mol. The Morgan fingerprint density at radius 3 is 2.50 bits per heavy atom. The van der Waals surface area contributed by atoms with Crippen LogP contribution in [-0.4, -0.2) is 15.2 Å². The summed E-state index contributed by atoms with van der Waals surface area (Å²) in [6, 6.07) is 9.83. The maximum absolute atomic E-state index is 5.84. The third kappa shape index (κ3) is 1.72. The second-order valence-corrected chi connectivity index (χ2v) is 4.52. The number of hydrogen-bond donors (Lipinski definition) is 2. The number of pyridine rings is 1. The molecule has 0 aliphatic carbocycles. The summed E-state index contributed by atoms with van der Waals surface area (Å²) in [5.41, 5.74) is 11.5. The van der Waals surface area contributed by atoms with Gasteiger partial charge in [-0.15, -0.1) is 0 Å². The van der Waals surface area contributed by atoms with Gasteiger partial charge in [0.2, 0.25) is 0 Å². The van der Waals surface area contributed by atoms with E-state index in [4.69, 9.17) is 5.73 Å². The summed E-state index contributed by atoms with van der Waals surface area (Å²) in [7, 11) is 0. The number of fused-ring (bicyclic) bond motifs is 1. The number of nitrogens with one attached hydrogen (secondary N) is 1. The van der Waals surface area contributed by atoms with Crippen LogP contribution in [0, 0.1) is 13.8 Å². The highest BCUT2D eigenvalue weighted by Crippen LogP contribution is 2.28.